The van der Waals surface area contributed by atoms with Crippen molar-refractivity contribution < 1.29 is 8.78 Å². The van der Waals surface area contributed by atoms with Gasteiger partial charge in [-0.2, -0.15) is 0 Å². The highest BCUT2D eigenvalue weighted by Crippen LogP contribution is 2.24. The van der Waals surface area contributed by atoms with E-state index in [1.807, 2.05) is 50.2 Å². The zero-order valence-corrected chi connectivity index (χ0v) is 17.4. The molecule has 7 N–H and O–H groups in total. The summed E-state index contributed by atoms with van der Waals surface area (Å²) < 4.78 is 24.7. The molecular formula is C21H29F2N7. The fraction of sp³-hybridized carbons (Fsp3) is 0.333. The van der Waals surface area contributed by atoms with Crippen molar-refractivity contribution in [3.05, 3.63) is 71.1 Å². The molecule has 2 heterocycles. The van der Waals surface area contributed by atoms with E-state index in [0.717, 1.165) is 16.8 Å². The van der Waals surface area contributed by atoms with Gasteiger partial charge in [0.15, 0.2) is 0 Å². The Kier molecular flexibility index (Phi) is 7.97. The number of nitrogens with zero attached hydrogens (tertiary/aromatic N) is 3. The van der Waals surface area contributed by atoms with Crippen molar-refractivity contribution in [2.75, 3.05) is 13.6 Å². The number of alkyl halides is 2. The van der Waals surface area contributed by atoms with E-state index in [4.69, 9.17) is 17.2 Å². The fourth-order valence-corrected chi connectivity index (χ4v) is 2.95. The minimum Gasteiger partial charge on any atom is -0.404 e. The van der Waals surface area contributed by atoms with Gasteiger partial charge in [0.05, 0.1) is 12.6 Å². The third-order valence-corrected chi connectivity index (χ3v) is 4.53. The number of hydrogen-bond donors (Lipinski definition) is 4. The second kappa shape index (κ2) is 10.4. The molecule has 0 saturated carbocycles. The molecule has 30 heavy (non-hydrogen) atoms. The molecule has 1 atom stereocenters. The van der Waals surface area contributed by atoms with Crippen LogP contribution in [-0.2, 0) is 0 Å². The Morgan fingerprint density at radius 1 is 1.30 bits per heavy atom. The normalized spacial score (nSPS) is 22.0. The quantitative estimate of drug-likeness (QED) is 0.374. The Morgan fingerprint density at radius 2 is 2.03 bits per heavy atom. The van der Waals surface area contributed by atoms with Crippen molar-refractivity contribution in [1.82, 2.24) is 10.2 Å². The molecule has 0 spiro atoms. The van der Waals surface area contributed by atoms with E-state index in [0.29, 0.717) is 17.2 Å². The zero-order valence-electron chi connectivity index (χ0n) is 17.4. The minimum atomic E-state index is -2.50. The summed E-state index contributed by atoms with van der Waals surface area (Å²) in [5.74, 6) is 1.13. The predicted octanol–water partition coefficient (Wildman–Crippen LogP) is 2.10. The van der Waals surface area contributed by atoms with Crippen molar-refractivity contribution in [2.45, 2.75) is 26.3 Å². The highest BCUT2D eigenvalue weighted by molar-refractivity contribution is 5.97. The smallest absolute Gasteiger partial charge is 0.257 e. The molecule has 0 amide bonds. The lowest BCUT2D eigenvalue weighted by Crippen LogP contribution is -2.41. The van der Waals surface area contributed by atoms with Crippen LogP contribution in [0.2, 0.25) is 0 Å². The molecule has 2 aliphatic heterocycles. The number of likely N-dealkylation sites (N-methyl/N-ethyl adjacent to an activating group) is 1. The number of nitrogens with one attached hydrogen (secondary N) is 1. The Bertz CT molecular complexity index is 874. The van der Waals surface area contributed by atoms with Crippen LogP contribution in [-0.4, -0.2) is 43.0 Å². The molecule has 0 saturated heterocycles. The van der Waals surface area contributed by atoms with E-state index in [1.165, 1.54) is 18.6 Å². The van der Waals surface area contributed by atoms with E-state index >= 15 is 0 Å². The van der Waals surface area contributed by atoms with Crippen LogP contribution in [0.5, 0.6) is 0 Å². The standard InChI is InChI=1S/C21H29F2N7/c1-13(2)14(8-24)7-20(26)29-21-5-4-18-17(28-21)6-15(12-30(18)3)16(9-25)10-27-11-19(22)23/h4-10,12-13,18-19H,11,24-26H2,1-3H3,(H,28,29)/b14-8+,16-9?,20-7+,27-10?. The molecule has 0 aromatic carbocycles. The average Bonchev–Trinajstić information content (AvgIpc) is 2.68. The maximum absolute atomic E-state index is 12.4. The first-order chi connectivity index (χ1) is 14.2. The summed E-state index contributed by atoms with van der Waals surface area (Å²) in [7, 11) is 1.91. The van der Waals surface area contributed by atoms with E-state index in [9.17, 15) is 8.78 Å². The van der Waals surface area contributed by atoms with E-state index in [1.54, 1.807) is 6.08 Å². The molecular weight excluding hydrogens is 388 g/mol. The Labute approximate surface area is 175 Å². The van der Waals surface area contributed by atoms with Gasteiger partial charge in [-0.3, -0.25) is 4.99 Å². The molecule has 0 bridgehead atoms. The van der Waals surface area contributed by atoms with E-state index in [-0.39, 0.29) is 12.0 Å². The third-order valence-electron chi connectivity index (χ3n) is 4.53. The molecule has 162 valence electrons. The molecule has 0 radical (unpaired) electrons. The summed E-state index contributed by atoms with van der Waals surface area (Å²) in [6, 6.07) is -0.0231. The number of hydrogen-bond acceptors (Lipinski definition) is 6. The minimum absolute atomic E-state index is 0.0231. The number of allylic oxidation sites excluding steroid dienone is 5. The van der Waals surface area contributed by atoms with Gasteiger partial charge in [0.1, 0.15) is 11.7 Å². The highest BCUT2D eigenvalue weighted by Gasteiger charge is 2.24. The Hall–Kier alpha value is -3.36. The summed E-state index contributed by atoms with van der Waals surface area (Å²) in [6.07, 6.45) is 11.0. The Balaban J connectivity index is 2.25. The molecule has 0 aliphatic carbocycles. The van der Waals surface area contributed by atoms with Crippen LogP contribution in [0.25, 0.3) is 0 Å². The number of fused-ring (bicyclic) bond motifs is 1. The van der Waals surface area contributed by atoms with Crippen LogP contribution in [0.3, 0.4) is 0 Å². The summed E-state index contributed by atoms with van der Waals surface area (Å²) in [5, 5.41) is 3.26. The lowest BCUT2D eigenvalue weighted by atomic mass is 9.98. The van der Waals surface area contributed by atoms with Crippen molar-refractivity contribution in [1.29, 1.82) is 0 Å². The SMILES string of the molecule is CC(C)C(=C/N)/C=C(\N)N=C1C=CC2C(=CC(C(C=NCC(F)F)=CN)=CN2C)N1. The highest BCUT2D eigenvalue weighted by atomic mass is 19.3. The second-order valence-electron chi connectivity index (χ2n) is 7.17. The first-order valence-corrected chi connectivity index (χ1v) is 9.53. The maximum Gasteiger partial charge on any atom is 0.257 e. The van der Waals surface area contributed by atoms with Crippen molar-refractivity contribution in [2.24, 2.45) is 33.1 Å². The van der Waals surface area contributed by atoms with Gasteiger partial charge in [0.25, 0.3) is 6.43 Å². The third kappa shape index (κ3) is 6.07. The van der Waals surface area contributed by atoms with Crippen LogP contribution in [0.1, 0.15) is 13.8 Å². The summed E-state index contributed by atoms with van der Waals surface area (Å²) in [5.41, 5.74) is 20.4. The summed E-state index contributed by atoms with van der Waals surface area (Å²) >= 11 is 0. The van der Waals surface area contributed by atoms with Gasteiger partial charge in [0.2, 0.25) is 0 Å². The van der Waals surface area contributed by atoms with Crippen molar-refractivity contribution in [3.8, 4) is 0 Å². The van der Waals surface area contributed by atoms with Gasteiger partial charge in [-0.1, -0.05) is 19.9 Å². The first-order valence-electron chi connectivity index (χ1n) is 9.53. The van der Waals surface area contributed by atoms with Gasteiger partial charge in [-0.25, -0.2) is 13.8 Å². The number of rotatable bonds is 7. The van der Waals surface area contributed by atoms with E-state index < -0.39 is 13.0 Å². The predicted molar refractivity (Wildman–Crippen MR) is 118 cm³/mol. The van der Waals surface area contributed by atoms with Gasteiger partial charge in [-0.05, 0) is 35.9 Å². The lowest BCUT2D eigenvalue weighted by molar-refractivity contribution is 0.159. The second-order valence-corrected chi connectivity index (χ2v) is 7.17. The molecule has 7 nitrogen and oxygen atoms in total. The topological polar surface area (TPSA) is 118 Å². The Morgan fingerprint density at radius 3 is 2.63 bits per heavy atom. The van der Waals surface area contributed by atoms with Gasteiger partial charge in [-0.15, -0.1) is 0 Å². The number of halogens is 2. The fourth-order valence-electron chi connectivity index (χ4n) is 2.95. The van der Waals surface area contributed by atoms with Crippen LogP contribution in [0, 0.1) is 5.92 Å². The maximum atomic E-state index is 12.4. The monoisotopic (exact) mass is 417 g/mol. The molecule has 1 unspecified atom stereocenters. The lowest BCUT2D eigenvalue weighted by Gasteiger charge is -2.34. The number of amidine groups is 1. The molecule has 2 aliphatic rings. The van der Waals surface area contributed by atoms with E-state index in [2.05, 4.69) is 15.3 Å². The van der Waals surface area contributed by atoms with Crippen molar-refractivity contribution >= 4 is 12.1 Å². The summed E-state index contributed by atoms with van der Waals surface area (Å²) in [6.45, 7) is 3.46. The molecule has 2 rings (SSSR count). The largest absolute Gasteiger partial charge is 0.404 e. The molecule has 0 fully saturated rings. The molecule has 9 heteroatoms. The van der Waals surface area contributed by atoms with Crippen LogP contribution < -0.4 is 22.5 Å². The first kappa shape index (κ1) is 22.9. The van der Waals surface area contributed by atoms with Gasteiger partial charge < -0.3 is 27.4 Å². The van der Waals surface area contributed by atoms with Crippen LogP contribution in [0.15, 0.2) is 81.1 Å². The van der Waals surface area contributed by atoms with Crippen LogP contribution in [0.4, 0.5) is 8.78 Å². The zero-order chi connectivity index (χ0) is 22.3. The average molecular weight is 418 g/mol. The summed E-state index contributed by atoms with van der Waals surface area (Å²) in [4.78, 5) is 10.1. The number of aliphatic imine (C=N–C) groups is 2. The van der Waals surface area contributed by atoms with Crippen LogP contribution >= 0.6 is 0 Å². The molecule has 0 aromatic heterocycles. The van der Waals surface area contributed by atoms with Gasteiger partial charge >= 0.3 is 0 Å². The van der Waals surface area contributed by atoms with Gasteiger partial charge in [0, 0.05) is 42.5 Å². The number of nitrogens with two attached hydrogens (primary N) is 3. The molecule has 0 aromatic rings. The van der Waals surface area contributed by atoms with Crippen molar-refractivity contribution in [3.63, 3.8) is 0 Å².